The molecule has 1 aromatic heterocycles. The zero-order chi connectivity index (χ0) is 23.8. The van der Waals surface area contributed by atoms with Crippen LogP contribution in [0, 0.1) is 6.92 Å². The van der Waals surface area contributed by atoms with Crippen LogP contribution in [0.2, 0.25) is 0 Å². The highest BCUT2D eigenvalue weighted by Crippen LogP contribution is 2.21. The molecule has 2 aromatic rings. The molecule has 0 saturated carbocycles. The summed E-state index contributed by atoms with van der Waals surface area (Å²) >= 11 is 0. The third-order valence-electron chi connectivity index (χ3n) is 6.54. The fraction of sp³-hybridized carbons (Fsp3) is 0.520. The molecule has 0 atom stereocenters. The summed E-state index contributed by atoms with van der Waals surface area (Å²) in [7, 11) is 0. The highest BCUT2D eigenvalue weighted by molar-refractivity contribution is 5.92. The first-order valence-corrected chi connectivity index (χ1v) is 12.1. The van der Waals surface area contributed by atoms with Crippen LogP contribution in [0.5, 0.6) is 0 Å². The second kappa shape index (κ2) is 11.9. The standard InChI is InChI=1S/C25H34N6O3/c1-21-4-2-3-5-23(21)29-12-14-30(15-13-29)24(32)6-9-31(11-10-28-16-18-34-19-17-28)25(33)22-20-26-7-8-27-22/h2-5,7-8,20H,6,9-19H2,1H3. The van der Waals surface area contributed by atoms with Gasteiger partial charge in [-0.15, -0.1) is 0 Å². The van der Waals surface area contributed by atoms with E-state index in [-0.39, 0.29) is 11.8 Å². The van der Waals surface area contributed by atoms with Crippen molar-refractivity contribution in [2.75, 3.05) is 77.0 Å². The van der Waals surface area contributed by atoms with E-state index in [2.05, 4.69) is 44.9 Å². The molecule has 34 heavy (non-hydrogen) atoms. The van der Waals surface area contributed by atoms with E-state index in [9.17, 15) is 9.59 Å². The Hall–Kier alpha value is -3.04. The Morgan fingerprint density at radius 1 is 1.00 bits per heavy atom. The summed E-state index contributed by atoms with van der Waals surface area (Å²) in [5.41, 5.74) is 2.79. The molecule has 4 rings (SSSR count). The molecule has 2 aliphatic heterocycles. The van der Waals surface area contributed by atoms with Crippen LogP contribution in [0.25, 0.3) is 0 Å². The second-order valence-electron chi connectivity index (χ2n) is 8.74. The summed E-state index contributed by atoms with van der Waals surface area (Å²) in [5, 5.41) is 0. The minimum atomic E-state index is -0.182. The molecule has 9 nitrogen and oxygen atoms in total. The number of para-hydroxylation sites is 1. The predicted octanol–water partition coefficient (Wildman–Crippen LogP) is 1.30. The van der Waals surface area contributed by atoms with Gasteiger partial charge in [-0.1, -0.05) is 18.2 Å². The Morgan fingerprint density at radius 3 is 2.47 bits per heavy atom. The van der Waals surface area contributed by atoms with Crippen LogP contribution in [-0.4, -0.2) is 109 Å². The third-order valence-corrected chi connectivity index (χ3v) is 6.54. The van der Waals surface area contributed by atoms with Crippen LogP contribution in [-0.2, 0) is 9.53 Å². The Balaban J connectivity index is 1.31. The van der Waals surface area contributed by atoms with E-state index in [1.54, 1.807) is 11.1 Å². The van der Waals surface area contributed by atoms with Crippen LogP contribution in [0.1, 0.15) is 22.5 Å². The quantitative estimate of drug-likeness (QED) is 0.580. The number of carbonyl (C=O) groups excluding carboxylic acids is 2. The second-order valence-corrected chi connectivity index (χ2v) is 8.74. The number of aromatic nitrogens is 2. The average molecular weight is 467 g/mol. The molecule has 2 fully saturated rings. The van der Waals surface area contributed by atoms with E-state index < -0.39 is 0 Å². The van der Waals surface area contributed by atoms with E-state index in [4.69, 9.17) is 4.74 Å². The molecule has 1 aromatic carbocycles. The maximum Gasteiger partial charge on any atom is 0.274 e. The zero-order valence-corrected chi connectivity index (χ0v) is 19.9. The summed E-state index contributed by atoms with van der Waals surface area (Å²) < 4.78 is 5.42. The normalized spacial score (nSPS) is 17.0. The first-order chi connectivity index (χ1) is 16.6. The average Bonchev–Trinajstić information content (AvgIpc) is 2.90. The van der Waals surface area contributed by atoms with Crippen LogP contribution in [0.4, 0.5) is 5.69 Å². The SMILES string of the molecule is Cc1ccccc1N1CCN(C(=O)CCN(CCN2CCOCC2)C(=O)c2cnccn2)CC1. The van der Waals surface area contributed by atoms with Crippen molar-refractivity contribution >= 4 is 17.5 Å². The lowest BCUT2D eigenvalue weighted by Gasteiger charge is -2.37. The third kappa shape index (κ3) is 6.30. The Labute approximate surface area is 201 Å². The van der Waals surface area contributed by atoms with Gasteiger partial charge in [0.2, 0.25) is 5.91 Å². The first-order valence-electron chi connectivity index (χ1n) is 12.1. The number of rotatable bonds is 8. The van der Waals surface area contributed by atoms with Crippen molar-refractivity contribution in [1.29, 1.82) is 0 Å². The fourth-order valence-electron chi connectivity index (χ4n) is 4.48. The molecule has 0 bridgehead atoms. The fourth-order valence-corrected chi connectivity index (χ4v) is 4.48. The van der Waals surface area contributed by atoms with Gasteiger partial charge in [-0.05, 0) is 18.6 Å². The lowest BCUT2D eigenvalue weighted by atomic mass is 10.1. The van der Waals surface area contributed by atoms with Gasteiger partial charge in [0.1, 0.15) is 5.69 Å². The lowest BCUT2D eigenvalue weighted by Crippen LogP contribution is -2.50. The molecule has 0 radical (unpaired) electrons. The number of ether oxygens (including phenoxy) is 1. The summed E-state index contributed by atoms with van der Waals surface area (Å²) in [6.07, 6.45) is 4.86. The van der Waals surface area contributed by atoms with Crippen LogP contribution >= 0.6 is 0 Å². The van der Waals surface area contributed by atoms with Gasteiger partial charge in [0, 0.05) is 83.4 Å². The van der Waals surface area contributed by atoms with Gasteiger partial charge >= 0.3 is 0 Å². The number of hydrogen-bond acceptors (Lipinski definition) is 7. The van der Waals surface area contributed by atoms with E-state index in [0.717, 1.165) is 32.7 Å². The Bertz CT molecular complexity index is 943. The van der Waals surface area contributed by atoms with Crippen molar-refractivity contribution in [1.82, 2.24) is 24.7 Å². The van der Waals surface area contributed by atoms with Gasteiger partial charge in [-0.2, -0.15) is 0 Å². The molecule has 0 N–H and O–H groups in total. The molecular weight excluding hydrogens is 432 g/mol. The van der Waals surface area contributed by atoms with Crippen molar-refractivity contribution in [3.05, 3.63) is 54.1 Å². The number of anilines is 1. The first kappa shape index (κ1) is 24.1. The lowest BCUT2D eigenvalue weighted by molar-refractivity contribution is -0.131. The highest BCUT2D eigenvalue weighted by atomic mass is 16.5. The van der Waals surface area contributed by atoms with Crippen molar-refractivity contribution in [3.63, 3.8) is 0 Å². The maximum absolute atomic E-state index is 13.1. The molecule has 2 saturated heterocycles. The molecule has 0 unspecified atom stereocenters. The Morgan fingerprint density at radius 2 is 1.76 bits per heavy atom. The summed E-state index contributed by atoms with van der Waals surface area (Å²) in [6, 6.07) is 8.36. The number of benzene rings is 1. The van der Waals surface area contributed by atoms with Crippen molar-refractivity contribution < 1.29 is 14.3 Å². The topological polar surface area (TPSA) is 82.1 Å². The monoisotopic (exact) mass is 466 g/mol. The molecule has 3 heterocycles. The van der Waals surface area contributed by atoms with Gasteiger partial charge < -0.3 is 19.4 Å². The minimum absolute atomic E-state index is 0.0905. The predicted molar refractivity (Wildman–Crippen MR) is 130 cm³/mol. The zero-order valence-electron chi connectivity index (χ0n) is 19.9. The number of piperazine rings is 1. The van der Waals surface area contributed by atoms with E-state index >= 15 is 0 Å². The molecule has 9 heteroatoms. The molecule has 182 valence electrons. The molecule has 0 spiro atoms. The highest BCUT2D eigenvalue weighted by Gasteiger charge is 2.24. The molecule has 0 aliphatic carbocycles. The van der Waals surface area contributed by atoms with Gasteiger partial charge in [0.05, 0.1) is 19.4 Å². The number of morpholine rings is 1. The number of nitrogens with zero attached hydrogens (tertiary/aromatic N) is 6. The summed E-state index contributed by atoms with van der Waals surface area (Å²) in [4.78, 5) is 42.6. The van der Waals surface area contributed by atoms with Crippen LogP contribution < -0.4 is 4.90 Å². The maximum atomic E-state index is 13.1. The minimum Gasteiger partial charge on any atom is -0.379 e. The smallest absolute Gasteiger partial charge is 0.274 e. The van der Waals surface area contributed by atoms with Crippen molar-refractivity contribution in [3.8, 4) is 0 Å². The largest absolute Gasteiger partial charge is 0.379 e. The van der Waals surface area contributed by atoms with Crippen LogP contribution in [0.3, 0.4) is 0 Å². The van der Waals surface area contributed by atoms with E-state index in [1.165, 1.54) is 23.6 Å². The summed E-state index contributed by atoms with van der Waals surface area (Å²) in [5.74, 6) is -0.0914. The van der Waals surface area contributed by atoms with Gasteiger partial charge in [0.25, 0.3) is 5.91 Å². The van der Waals surface area contributed by atoms with Gasteiger partial charge in [-0.3, -0.25) is 19.5 Å². The number of hydrogen-bond donors (Lipinski definition) is 0. The van der Waals surface area contributed by atoms with Crippen molar-refractivity contribution in [2.45, 2.75) is 13.3 Å². The molecule has 2 aliphatic rings. The van der Waals surface area contributed by atoms with E-state index in [1.807, 2.05) is 11.0 Å². The Kier molecular flexibility index (Phi) is 8.43. The van der Waals surface area contributed by atoms with E-state index in [0.29, 0.717) is 51.5 Å². The van der Waals surface area contributed by atoms with Gasteiger partial charge in [0.15, 0.2) is 0 Å². The van der Waals surface area contributed by atoms with Crippen molar-refractivity contribution in [2.24, 2.45) is 0 Å². The molecule has 2 amide bonds. The number of amides is 2. The van der Waals surface area contributed by atoms with Crippen LogP contribution in [0.15, 0.2) is 42.9 Å². The summed E-state index contributed by atoms with van der Waals surface area (Å²) in [6.45, 7) is 9.94. The number of carbonyl (C=O) groups is 2. The molecular formula is C25H34N6O3. The number of aryl methyl sites for hydroxylation is 1. The van der Waals surface area contributed by atoms with Gasteiger partial charge in [-0.25, -0.2) is 4.98 Å².